The average Bonchev–Trinajstić information content (AvgIpc) is 2.84. The van der Waals surface area contributed by atoms with E-state index < -0.39 is 0 Å². The molecule has 120 valence electrons. The number of nitrogens with zero attached hydrogens (tertiary/aromatic N) is 4. The van der Waals surface area contributed by atoms with Gasteiger partial charge in [-0.1, -0.05) is 19.0 Å². The minimum Gasteiger partial charge on any atom is -0.339 e. The SMILES string of the molecule is CC(C)CC(CN)c1nc(C2CN(C)CCCN2C)no1. The van der Waals surface area contributed by atoms with Crippen molar-refractivity contribution in [2.24, 2.45) is 11.7 Å². The van der Waals surface area contributed by atoms with Crippen LogP contribution in [0.25, 0.3) is 0 Å². The second-order valence-electron chi connectivity index (χ2n) is 6.67. The fourth-order valence-corrected chi connectivity index (χ4v) is 2.97. The topological polar surface area (TPSA) is 71.4 Å². The van der Waals surface area contributed by atoms with Crippen molar-refractivity contribution in [3.05, 3.63) is 11.7 Å². The molecular formula is C15H29N5O. The first kappa shape index (κ1) is 16.4. The van der Waals surface area contributed by atoms with Crippen molar-refractivity contribution < 1.29 is 4.52 Å². The number of nitrogens with two attached hydrogens (primary N) is 1. The second kappa shape index (κ2) is 7.33. The predicted molar refractivity (Wildman–Crippen MR) is 83.0 cm³/mol. The van der Waals surface area contributed by atoms with Gasteiger partial charge in [-0.3, -0.25) is 4.90 Å². The zero-order valence-corrected chi connectivity index (χ0v) is 13.7. The van der Waals surface area contributed by atoms with E-state index in [1.807, 2.05) is 0 Å². The molecule has 1 aliphatic heterocycles. The number of hydrogen-bond acceptors (Lipinski definition) is 6. The third-order valence-electron chi connectivity index (χ3n) is 4.21. The quantitative estimate of drug-likeness (QED) is 0.887. The van der Waals surface area contributed by atoms with Gasteiger partial charge in [-0.15, -0.1) is 0 Å². The van der Waals surface area contributed by atoms with E-state index in [-0.39, 0.29) is 12.0 Å². The zero-order chi connectivity index (χ0) is 15.4. The maximum atomic E-state index is 5.87. The molecule has 1 saturated heterocycles. The van der Waals surface area contributed by atoms with Gasteiger partial charge in [0, 0.05) is 13.1 Å². The Labute approximate surface area is 127 Å². The molecule has 0 bridgehead atoms. The van der Waals surface area contributed by atoms with Gasteiger partial charge in [0.15, 0.2) is 5.82 Å². The van der Waals surface area contributed by atoms with Gasteiger partial charge in [-0.05, 0) is 45.9 Å². The van der Waals surface area contributed by atoms with Crippen LogP contribution in [0.1, 0.15) is 50.4 Å². The number of hydrogen-bond donors (Lipinski definition) is 1. The van der Waals surface area contributed by atoms with Crippen LogP contribution in [0.15, 0.2) is 4.52 Å². The number of likely N-dealkylation sites (N-methyl/N-ethyl adjacent to an activating group) is 2. The standard InChI is InChI=1S/C15H29N5O/c1-11(2)8-12(9-16)15-17-14(18-21-15)13-10-19(3)6-5-7-20(13)4/h11-13H,5-10,16H2,1-4H3. The number of rotatable bonds is 5. The summed E-state index contributed by atoms with van der Waals surface area (Å²) in [7, 11) is 4.28. The lowest BCUT2D eigenvalue weighted by Gasteiger charge is -2.24. The van der Waals surface area contributed by atoms with Crippen LogP contribution in [-0.4, -0.2) is 60.2 Å². The minimum absolute atomic E-state index is 0.167. The van der Waals surface area contributed by atoms with Crippen molar-refractivity contribution >= 4 is 0 Å². The van der Waals surface area contributed by atoms with E-state index in [1.54, 1.807) is 0 Å². The van der Waals surface area contributed by atoms with Gasteiger partial charge in [0.25, 0.3) is 0 Å². The first-order chi connectivity index (χ1) is 10.0. The zero-order valence-electron chi connectivity index (χ0n) is 13.7. The molecule has 0 aliphatic carbocycles. The van der Waals surface area contributed by atoms with Crippen LogP contribution in [0.2, 0.25) is 0 Å². The van der Waals surface area contributed by atoms with Gasteiger partial charge >= 0.3 is 0 Å². The van der Waals surface area contributed by atoms with Crippen molar-refractivity contribution in [3.8, 4) is 0 Å². The summed E-state index contributed by atoms with van der Waals surface area (Å²) in [6, 6.07) is 0.201. The molecule has 1 aromatic heterocycles. The summed E-state index contributed by atoms with van der Waals surface area (Å²) in [6.07, 6.45) is 2.16. The Morgan fingerprint density at radius 3 is 2.76 bits per heavy atom. The van der Waals surface area contributed by atoms with Crippen LogP contribution in [0, 0.1) is 5.92 Å². The van der Waals surface area contributed by atoms with E-state index in [4.69, 9.17) is 10.3 Å². The second-order valence-corrected chi connectivity index (χ2v) is 6.67. The minimum atomic E-state index is 0.167. The lowest BCUT2D eigenvalue weighted by molar-refractivity contribution is 0.214. The van der Waals surface area contributed by atoms with Crippen LogP contribution in [-0.2, 0) is 0 Å². The highest BCUT2D eigenvalue weighted by molar-refractivity contribution is 5.01. The molecule has 2 heterocycles. The van der Waals surface area contributed by atoms with Crippen LogP contribution < -0.4 is 5.73 Å². The Balaban J connectivity index is 2.13. The molecule has 0 spiro atoms. The van der Waals surface area contributed by atoms with E-state index in [2.05, 4.69) is 47.9 Å². The summed E-state index contributed by atoms with van der Waals surface area (Å²) < 4.78 is 5.51. The molecule has 1 fully saturated rings. The molecule has 0 radical (unpaired) electrons. The Hall–Kier alpha value is -0.980. The molecule has 1 aliphatic rings. The van der Waals surface area contributed by atoms with Gasteiger partial charge in [-0.25, -0.2) is 0 Å². The van der Waals surface area contributed by atoms with Gasteiger partial charge < -0.3 is 15.2 Å². The maximum Gasteiger partial charge on any atom is 0.231 e. The van der Waals surface area contributed by atoms with E-state index >= 15 is 0 Å². The lowest BCUT2D eigenvalue weighted by Crippen LogP contribution is -2.31. The average molecular weight is 295 g/mol. The highest BCUT2D eigenvalue weighted by Gasteiger charge is 2.28. The van der Waals surface area contributed by atoms with Crippen LogP contribution >= 0.6 is 0 Å². The molecule has 21 heavy (non-hydrogen) atoms. The number of aromatic nitrogens is 2. The summed E-state index contributed by atoms with van der Waals surface area (Å²) in [5.41, 5.74) is 5.87. The van der Waals surface area contributed by atoms with Crippen molar-refractivity contribution in [1.29, 1.82) is 0 Å². The molecule has 0 saturated carbocycles. The Morgan fingerprint density at radius 1 is 1.33 bits per heavy atom. The molecule has 0 amide bonds. The predicted octanol–water partition coefficient (Wildman–Crippen LogP) is 1.47. The van der Waals surface area contributed by atoms with Crippen LogP contribution in [0.4, 0.5) is 0 Å². The monoisotopic (exact) mass is 295 g/mol. The maximum absolute atomic E-state index is 5.87. The summed E-state index contributed by atoms with van der Waals surface area (Å²) in [5.74, 6) is 2.23. The first-order valence-electron chi connectivity index (χ1n) is 7.93. The van der Waals surface area contributed by atoms with Crippen LogP contribution in [0.5, 0.6) is 0 Å². The van der Waals surface area contributed by atoms with Crippen molar-refractivity contribution in [2.45, 2.75) is 38.6 Å². The Morgan fingerprint density at radius 2 is 2.10 bits per heavy atom. The normalized spacial score (nSPS) is 23.4. The molecule has 6 heteroatoms. The van der Waals surface area contributed by atoms with E-state index in [1.165, 1.54) is 6.42 Å². The molecular weight excluding hydrogens is 266 g/mol. The van der Waals surface area contributed by atoms with E-state index in [0.29, 0.717) is 18.4 Å². The first-order valence-corrected chi connectivity index (χ1v) is 7.93. The lowest BCUT2D eigenvalue weighted by atomic mass is 9.97. The van der Waals surface area contributed by atoms with Gasteiger partial charge in [0.1, 0.15) is 0 Å². The molecule has 2 atom stereocenters. The van der Waals surface area contributed by atoms with Gasteiger partial charge in [0.2, 0.25) is 5.89 Å². The molecule has 1 aromatic rings. The molecule has 0 aromatic carbocycles. The molecule has 2 unspecified atom stereocenters. The molecule has 6 nitrogen and oxygen atoms in total. The van der Waals surface area contributed by atoms with E-state index in [0.717, 1.165) is 31.9 Å². The third kappa shape index (κ3) is 4.25. The largest absolute Gasteiger partial charge is 0.339 e. The summed E-state index contributed by atoms with van der Waals surface area (Å²) >= 11 is 0. The summed E-state index contributed by atoms with van der Waals surface area (Å²) in [5, 5.41) is 4.23. The van der Waals surface area contributed by atoms with E-state index in [9.17, 15) is 0 Å². The molecule has 2 rings (SSSR count). The Kier molecular flexibility index (Phi) is 5.72. The Bertz CT molecular complexity index is 433. The highest BCUT2D eigenvalue weighted by Crippen LogP contribution is 2.25. The van der Waals surface area contributed by atoms with Gasteiger partial charge in [-0.2, -0.15) is 4.98 Å². The smallest absolute Gasteiger partial charge is 0.231 e. The molecule has 2 N–H and O–H groups in total. The van der Waals surface area contributed by atoms with Crippen molar-refractivity contribution in [2.75, 3.05) is 40.3 Å². The highest BCUT2D eigenvalue weighted by atomic mass is 16.5. The van der Waals surface area contributed by atoms with Crippen molar-refractivity contribution in [1.82, 2.24) is 19.9 Å². The van der Waals surface area contributed by atoms with Crippen LogP contribution in [0.3, 0.4) is 0 Å². The summed E-state index contributed by atoms with van der Waals surface area (Å²) in [6.45, 7) is 8.05. The summed E-state index contributed by atoms with van der Waals surface area (Å²) in [4.78, 5) is 9.31. The fraction of sp³-hybridized carbons (Fsp3) is 0.867. The third-order valence-corrected chi connectivity index (χ3v) is 4.21. The van der Waals surface area contributed by atoms with Crippen molar-refractivity contribution in [3.63, 3.8) is 0 Å². The van der Waals surface area contributed by atoms with Gasteiger partial charge in [0.05, 0.1) is 12.0 Å². The fourth-order valence-electron chi connectivity index (χ4n) is 2.97.